The van der Waals surface area contributed by atoms with Gasteiger partial charge < -0.3 is 5.32 Å². The molecule has 2 heterocycles. The molecule has 0 saturated carbocycles. The highest BCUT2D eigenvalue weighted by Crippen LogP contribution is 2.60. The van der Waals surface area contributed by atoms with E-state index in [1.165, 1.54) is 29.5 Å². The minimum Gasteiger partial charge on any atom is -0.317 e. The second kappa shape index (κ2) is 6.23. The minimum absolute atomic E-state index is 0. The highest BCUT2D eigenvalue weighted by Gasteiger charge is 2.45. The third kappa shape index (κ3) is 2.55. The molecule has 1 atom stereocenters. The Morgan fingerprint density at radius 1 is 1.00 bits per heavy atom. The molecular weight excluding hydrogens is 317 g/mol. The third-order valence-corrected chi connectivity index (χ3v) is 6.50. The maximum Gasteiger partial charge on any atom is 0.123 e. The lowest BCUT2D eigenvalue weighted by atomic mass is 9.85. The number of rotatable bonds is 1. The van der Waals surface area contributed by atoms with Gasteiger partial charge in [-0.15, -0.1) is 24.2 Å². The molecule has 116 valence electrons. The SMILES string of the molecule is Cl.Fc1ccc(C2SC3(CCNCC3)c3ccccc32)cc1. The van der Waals surface area contributed by atoms with Gasteiger partial charge in [-0.2, -0.15) is 0 Å². The zero-order valence-electron chi connectivity index (χ0n) is 12.2. The molecule has 2 aromatic carbocycles. The van der Waals surface area contributed by atoms with Gasteiger partial charge in [0.25, 0.3) is 0 Å². The van der Waals surface area contributed by atoms with E-state index in [0.29, 0.717) is 5.25 Å². The van der Waals surface area contributed by atoms with E-state index < -0.39 is 0 Å². The van der Waals surface area contributed by atoms with Crippen LogP contribution in [0.2, 0.25) is 0 Å². The first-order valence-corrected chi connectivity index (χ1v) is 8.40. The number of thioether (sulfide) groups is 1. The summed E-state index contributed by atoms with van der Waals surface area (Å²) in [5.41, 5.74) is 4.12. The quantitative estimate of drug-likeness (QED) is 0.813. The molecule has 1 unspecified atom stereocenters. The van der Waals surface area contributed by atoms with Gasteiger partial charge in [-0.1, -0.05) is 36.4 Å². The van der Waals surface area contributed by atoms with Crippen LogP contribution in [0.15, 0.2) is 48.5 Å². The van der Waals surface area contributed by atoms with E-state index in [1.54, 1.807) is 12.1 Å². The van der Waals surface area contributed by atoms with Crippen molar-refractivity contribution in [2.45, 2.75) is 22.8 Å². The smallest absolute Gasteiger partial charge is 0.123 e. The molecule has 0 aliphatic carbocycles. The van der Waals surface area contributed by atoms with Crippen LogP contribution < -0.4 is 5.32 Å². The summed E-state index contributed by atoms with van der Waals surface area (Å²) in [4.78, 5) is 0. The number of piperidine rings is 1. The summed E-state index contributed by atoms with van der Waals surface area (Å²) in [6.07, 6.45) is 2.35. The first kappa shape index (κ1) is 15.9. The van der Waals surface area contributed by atoms with Crippen LogP contribution in [0.25, 0.3) is 0 Å². The lowest BCUT2D eigenvalue weighted by molar-refractivity contribution is 0.427. The molecular formula is C18H19ClFNS. The van der Waals surface area contributed by atoms with Crippen LogP contribution >= 0.6 is 24.2 Å². The van der Waals surface area contributed by atoms with Crippen LogP contribution in [0.4, 0.5) is 4.39 Å². The van der Waals surface area contributed by atoms with Gasteiger partial charge >= 0.3 is 0 Å². The molecule has 2 aliphatic heterocycles. The maximum atomic E-state index is 13.2. The van der Waals surface area contributed by atoms with E-state index in [4.69, 9.17) is 0 Å². The minimum atomic E-state index is -0.161. The number of hydrogen-bond acceptors (Lipinski definition) is 2. The molecule has 2 aliphatic rings. The highest BCUT2D eigenvalue weighted by atomic mass is 35.5. The van der Waals surface area contributed by atoms with Crippen molar-refractivity contribution >= 4 is 24.2 Å². The highest BCUT2D eigenvalue weighted by molar-refractivity contribution is 8.01. The molecule has 1 N–H and O–H groups in total. The average molecular weight is 336 g/mol. The van der Waals surface area contributed by atoms with Gasteiger partial charge in [-0.3, -0.25) is 0 Å². The van der Waals surface area contributed by atoms with E-state index in [-0.39, 0.29) is 23.0 Å². The van der Waals surface area contributed by atoms with Crippen molar-refractivity contribution in [2.75, 3.05) is 13.1 Å². The van der Waals surface area contributed by atoms with Crippen LogP contribution in [0.1, 0.15) is 34.8 Å². The molecule has 2 aromatic rings. The summed E-state index contributed by atoms with van der Waals surface area (Å²) in [5, 5.41) is 3.80. The van der Waals surface area contributed by atoms with Gasteiger partial charge in [0, 0.05) is 4.75 Å². The maximum absolute atomic E-state index is 13.2. The Labute approximate surface area is 141 Å². The number of halogens is 2. The Kier molecular flexibility index (Phi) is 4.49. The Hall–Kier alpha value is -1.03. The normalized spacial score (nSPS) is 22.1. The molecule has 1 nitrogen and oxygen atoms in total. The van der Waals surface area contributed by atoms with E-state index in [9.17, 15) is 4.39 Å². The van der Waals surface area contributed by atoms with Crippen LogP contribution in [-0.4, -0.2) is 13.1 Å². The van der Waals surface area contributed by atoms with Crippen molar-refractivity contribution in [3.8, 4) is 0 Å². The summed E-state index contributed by atoms with van der Waals surface area (Å²) in [7, 11) is 0. The predicted molar refractivity (Wildman–Crippen MR) is 93.3 cm³/mol. The van der Waals surface area contributed by atoms with Gasteiger partial charge in [-0.25, -0.2) is 4.39 Å². The zero-order valence-corrected chi connectivity index (χ0v) is 13.9. The van der Waals surface area contributed by atoms with Crippen LogP contribution in [0, 0.1) is 5.82 Å². The molecule has 22 heavy (non-hydrogen) atoms. The van der Waals surface area contributed by atoms with Gasteiger partial charge in [0.1, 0.15) is 5.82 Å². The first-order valence-electron chi connectivity index (χ1n) is 7.52. The van der Waals surface area contributed by atoms with Crippen molar-refractivity contribution in [2.24, 2.45) is 0 Å². The van der Waals surface area contributed by atoms with E-state index in [2.05, 4.69) is 41.3 Å². The van der Waals surface area contributed by atoms with E-state index >= 15 is 0 Å². The Morgan fingerprint density at radius 2 is 1.68 bits per heavy atom. The fourth-order valence-electron chi connectivity index (χ4n) is 3.60. The second-order valence-corrected chi connectivity index (χ2v) is 7.37. The molecule has 1 fully saturated rings. The molecule has 4 rings (SSSR count). The fourth-order valence-corrected chi connectivity index (χ4v) is 5.43. The van der Waals surface area contributed by atoms with Crippen molar-refractivity contribution < 1.29 is 4.39 Å². The van der Waals surface area contributed by atoms with Gasteiger partial charge in [0.2, 0.25) is 0 Å². The largest absolute Gasteiger partial charge is 0.317 e. The summed E-state index contributed by atoms with van der Waals surface area (Å²) in [6, 6.07) is 15.8. The predicted octanol–water partition coefficient (Wildman–Crippen LogP) is 4.66. The van der Waals surface area contributed by atoms with E-state index in [0.717, 1.165) is 13.1 Å². The number of benzene rings is 2. The van der Waals surface area contributed by atoms with Crippen LogP contribution in [0.5, 0.6) is 0 Å². The summed E-state index contributed by atoms with van der Waals surface area (Å²) in [5.74, 6) is -0.161. The van der Waals surface area contributed by atoms with Crippen molar-refractivity contribution in [1.82, 2.24) is 5.32 Å². The van der Waals surface area contributed by atoms with Crippen molar-refractivity contribution in [3.63, 3.8) is 0 Å². The monoisotopic (exact) mass is 335 g/mol. The number of nitrogens with one attached hydrogen (secondary N) is 1. The van der Waals surface area contributed by atoms with E-state index in [1.807, 2.05) is 12.1 Å². The molecule has 0 aromatic heterocycles. The lowest BCUT2D eigenvalue weighted by Crippen LogP contribution is -2.36. The summed E-state index contributed by atoms with van der Waals surface area (Å²) >= 11 is 2.06. The number of fused-ring (bicyclic) bond motifs is 2. The fraction of sp³-hybridized carbons (Fsp3) is 0.333. The molecule has 4 heteroatoms. The van der Waals surface area contributed by atoms with Crippen LogP contribution in [0.3, 0.4) is 0 Å². The lowest BCUT2D eigenvalue weighted by Gasteiger charge is -2.34. The van der Waals surface area contributed by atoms with Gasteiger partial charge in [0.15, 0.2) is 0 Å². The zero-order chi connectivity index (χ0) is 14.3. The Balaban J connectivity index is 0.00000144. The molecule has 0 bridgehead atoms. The van der Waals surface area contributed by atoms with Crippen LogP contribution in [-0.2, 0) is 4.75 Å². The third-order valence-electron chi connectivity index (χ3n) is 4.66. The van der Waals surface area contributed by atoms with Gasteiger partial charge in [-0.05, 0) is 54.8 Å². The number of hydrogen-bond donors (Lipinski definition) is 1. The second-order valence-electron chi connectivity index (χ2n) is 5.88. The summed E-state index contributed by atoms with van der Waals surface area (Å²) in [6.45, 7) is 2.16. The standard InChI is InChI=1S/C18H18FNS.ClH/c19-14-7-5-13(6-8-14)17-15-3-1-2-4-16(15)18(21-17)9-11-20-12-10-18;/h1-8,17,20H,9-12H2;1H. The molecule has 0 radical (unpaired) electrons. The molecule has 0 amide bonds. The first-order chi connectivity index (χ1) is 10.3. The van der Waals surface area contributed by atoms with Crippen molar-refractivity contribution in [1.29, 1.82) is 0 Å². The Bertz CT molecular complexity index is 652. The van der Waals surface area contributed by atoms with Crippen molar-refractivity contribution in [3.05, 3.63) is 71.0 Å². The topological polar surface area (TPSA) is 12.0 Å². The molecule has 1 saturated heterocycles. The summed E-state index contributed by atoms with van der Waals surface area (Å²) < 4.78 is 13.4. The Morgan fingerprint density at radius 3 is 2.41 bits per heavy atom. The molecule has 1 spiro atoms. The average Bonchev–Trinajstić information content (AvgIpc) is 2.84. The van der Waals surface area contributed by atoms with Gasteiger partial charge in [0.05, 0.1) is 5.25 Å².